The standard InChI is InChI=1S/C21H27FN4O3/c1-21(2,24-3)11-6-7-25(9-11)15-8-14-16(18(23)17(15)22)19(27)13(20(28)29)10-26(14)12-4-5-12/h8,10-12,24H,4-7,9,23H2,1-3H3,(H,28,29)/t11-/m1/s1. The first-order valence-corrected chi connectivity index (χ1v) is 9.99. The fourth-order valence-corrected chi connectivity index (χ4v) is 4.30. The Morgan fingerprint density at radius 3 is 2.62 bits per heavy atom. The summed E-state index contributed by atoms with van der Waals surface area (Å²) in [7, 11) is 1.92. The molecule has 4 rings (SSSR count). The number of nitrogen functional groups attached to an aromatic ring is 1. The minimum absolute atomic E-state index is 0.0376. The highest BCUT2D eigenvalue weighted by molar-refractivity contribution is 5.99. The number of carboxylic acids is 1. The number of hydrogen-bond acceptors (Lipinski definition) is 5. The molecule has 2 heterocycles. The molecule has 4 N–H and O–H groups in total. The number of carboxylic acid groups (broad SMARTS) is 1. The maximum atomic E-state index is 15.3. The van der Waals surface area contributed by atoms with Gasteiger partial charge in [0.25, 0.3) is 0 Å². The number of hydrogen-bond donors (Lipinski definition) is 3. The fraction of sp³-hybridized carbons (Fsp3) is 0.524. The summed E-state index contributed by atoms with van der Waals surface area (Å²) in [6.07, 6.45) is 4.08. The zero-order valence-electron chi connectivity index (χ0n) is 17.0. The fourth-order valence-electron chi connectivity index (χ4n) is 4.30. The van der Waals surface area contributed by atoms with Crippen LogP contribution < -0.4 is 21.4 Å². The van der Waals surface area contributed by atoms with Gasteiger partial charge in [-0.25, -0.2) is 9.18 Å². The van der Waals surface area contributed by atoms with E-state index in [0.29, 0.717) is 30.2 Å². The Kier molecular flexibility index (Phi) is 4.57. The van der Waals surface area contributed by atoms with Crippen molar-refractivity contribution >= 4 is 28.2 Å². The topological polar surface area (TPSA) is 101 Å². The molecule has 0 unspecified atom stereocenters. The van der Waals surface area contributed by atoms with Crippen LogP contribution in [0.3, 0.4) is 0 Å². The minimum atomic E-state index is -1.33. The van der Waals surface area contributed by atoms with Crippen LogP contribution in [0.25, 0.3) is 10.9 Å². The number of rotatable bonds is 5. The van der Waals surface area contributed by atoms with Crippen molar-refractivity contribution < 1.29 is 14.3 Å². The number of halogens is 1. The highest BCUT2D eigenvalue weighted by Crippen LogP contribution is 2.41. The molecule has 1 aromatic carbocycles. The minimum Gasteiger partial charge on any atom is -0.477 e. The Bertz CT molecular complexity index is 1060. The third-order valence-corrected chi connectivity index (χ3v) is 6.64. The highest BCUT2D eigenvalue weighted by Gasteiger charge is 2.36. The van der Waals surface area contributed by atoms with Gasteiger partial charge in [-0.3, -0.25) is 4.79 Å². The molecule has 1 aliphatic carbocycles. The van der Waals surface area contributed by atoms with E-state index in [9.17, 15) is 14.7 Å². The Morgan fingerprint density at radius 1 is 1.34 bits per heavy atom. The number of pyridine rings is 1. The second-order valence-corrected chi connectivity index (χ2v) is 8.74. The van der Waals surface area contributed by atoms with E-state index in [0.717, 1.165) is 19.3 Å². The summed E-state index contributed by atoms with van der Waals surface area (Å²) in [4.78, 5) is 26.2. The van der Waals surface area contributed by atoms with E-state index >= 15 is 4.39 Å². The molecular formula is C21H27FN4O3. The number of fused-ring (bicyclic) bond motifs is 1. The van der Waals surface area contributed by atoms with E-state index in [1.54, 1.807) is 10.6 Å². The summed E-state index contributed by atoms with van der Waals surface area (Å²) in [5.41, 5.74) is 5.50. The monoisotopic (exact) mass is 402 g/mol. The van der Waals surface area contributed by atoms with Crippen molar-refractivity contribution in [3.05, 3.63) is 33.9 Å². The Morgan fingerprint density at radius 2 is 2.03 bits per heavy atom. The molecule has 1 atom stereocenters. The number of carbonyl (C=O) groups is 1. The average molecular weight is 402 g/mol. The predicted molar refractivity (Wildman–Crippen MR) is 111 cm³/mol. The van der Waals surface area contributed by atoms with Crippen molar-refractivity contribution in [1.82, 2.24) is 9.88 Å². The average Bonchev–Trinajstić information content (AvgIpc) is 3.39. The largest absolute Gasteiger partial charge is 0.477 e. The molecule has 2 aliphatic rings. The van der Waals surface area contributed by atoms with Crippen LogP contribution in [0.15, 0.2) is 17.1 Å². The van der Waals surface area contributed by atoms with Gasteiger partial charge in [0.2, 0.25) is 5.43 Å². The molecule has 29 heavy (non-hydrogen) atoms. The van der Waals surface area contributed by atoms with Crippen molar-refractivity contribution in [2.24, 2.45) is 5.92 Å². The van der Waals surface area contributed by atoms with Crippen LogP contribution in [0.1, 0.15) is 49.5 Å². The smallest absolute Gasteiger partial charge is 0.341 e. The number of aromatic carboxylic acids is 1. The van der Waals surface area contributed by atoms with Crippen molar-refractivity contribution in [2.45, 2.75) is 44.7 Å². The highest BCUT2D eigenvalue weighted by atomic mass is 19.1. The summed E-state index contributed by atoms with van der Waals surface area (Å²) in [5.74, 6) is -1.64. The van der Waals surface area contributed by atoms with Crippen LogP contribution in [-0.2, 0) is 0 Å². The molecule has 1 saturated heterocycles. The first kappa shape index (κ1) is 19.7. The van der Waals surface area contributed by atoms with E-state index < -0.39 is 17.2 Å². The maximum Gasteiger partial charge on any atom is 0.341 e. The van der Waals surface area contributed by atoms with Crippen LogP contribution in [0, 0.1) is 11.7 Å². The SMILES string of the molecule is CNC(C)(C)[C@@H]1CCN(c2cc3c(c(N)c2F)c(=O)c(C(=O)O)cn3C2CC2)C1. The molecule has 7 nitrogen and oxygen atoms in total. The number of aromatic nitrogens is 1. The van der Waals surface area contributed by atoms with Crippen LogP contribution in [0.2, 0.25) is 0 Å². The lowest BCUT2D eigenvalue weighted by Gasteiger charge is -2.31. The van der Waals surface area contributed by atoms with Crippen LogP contribution in [0.5, 0.6) is 0 Å². The lowest BCUT2D eigenvalue weighted by atomic mass is 9.87. The van der Waals surface area contributed by atoms with Crippen LogP contribution in [0.4, 0.5) is 15.8 Å². The molecule has 0 bridgehead atoms. The summed E-state index contributed by atoms with van der Waals surface area (Å²) in [5, 5.41) is 12.7. The van der Waals surface area contributed by atoms with Gasteiger partial charge in [0.1, 0.15) is 5.56 Å². The lowest BCUT2D eigenvalue weighted by molar-refractivity contribution is 0.0695. The van der Waals surface area contributed by atoms with E-state index in [-0.39, 0.29) is 28.2 Å². The Balaban J connectivity index is 1.87. The number of nitrogens with two attached hydrogens (primary N) is 1. The van der Waals surface area contributed by atoms with Gasteiger partial charge in [0.05, 0.1) is 22.3 Å². The second kappa shape index (κ2) is 6.73. The van der Waals surface area contributed by atoms with Gasteiger partial charge in [-0.1, -0.05) is 0 Å². The second-order valence-electron chi connectivity index (χ2n) is 8.74. The van der Waals surface area contributed by atoms with Crippen molar-refractivity contribution in [2.75, 3.05) is 30.8 Å². The van der Waals surface area contributed by atoms with E-state index in [1.807, 2.05) is 11.9 Å². The molecule has 2 aromatic rings. The van der Waals surface area contributed by atoms with Crippen molar-refractivity contribution in [3.63, 3.8) is 0 Å². The van der Waals surface area contributed by atoms with Crippen molar-refractivity contribution in [1.29, 1.82) is 0 Å². The number of nitrogens with zero attached hydrogens (tertiary/aromatic N) is 2. The first-order valence-electron chi connectivity index (χ1n) is 9.99. The van der Waals surface area contributed by atoms with Crippen LogP contribution >= 0.6 is 0 Å². The molecule has 8 heteroatoms. The first-order chi connectivity index (χ1) is 13.7. The maximum absolute atomic E-state index is 15.3. The molecule has 0 radical (unpaired) electrons. The normalized spacial score (nSPS) is 19.9. The van der Waals surface area contributed by atoms with Gasteiger partial charge in [-0.15, -0.1) is 0 Å². The predicted octanol–water partition coefficient (Wildman–Crippen LogP) is 2.58. The third-order valence-electron chi connectivity index (χ3n) is 6.64. The quantitative estimate of drug-likeness (QED) is 0.665. The Labute approximate surface area is 168 Å². The summed E-state index contributed by atoms with van der Waals surface area (Å²) < 4.78 is 17.1. The van der Waals surface area contributed by atoms with Gasteiger partial charge in [0, 0.05) is 30.9 Å². The zero-order valence-corrected chi connectivity index (χ0v) is 17.0. The van der Waals surface area contributed by atoms with Gasteiger partial charge >= 0.3 is 5.97 Å². The van der Waals surface area contributed by atoms with E-state index in [4.69, 9.17) is 5.73 Å². The van der Waals surface area contributed by atoms with Crippen molar-refractivity contribution in [3.8, 4) is 0 Å². The number of benzene rings is 1. The summed E-state index contributed by atoms with van der Waals surface area (Å²) in [6.45, 7) is 5.63. The molecule has 156 valence electrons. The molecule has 0 amide bonds. The molecular weight excluding hydrogens is 375 g/mol. The molecule has 1 aromatic heterocycles. The number of nitrogens with one attached hydrogen (secondary N) is 1. The van der Waals surface area contributed by atoms with Gasteiger partial charge in [0.15, 0.2) is 5.82 Å². The molecule has 2 fully saturated rings. The van der Waals surface area contributed by atoms with E-state index in [2.05, 4.69) is 19.2 Å². The summed E-state index contributed by atoms with van der Waals surface area (Å²) >= 11 is 0. The lowest BCUT2D eigenvalue weighted by Crippen LogP contribution is -2.45. The zero-order chi connectivity index (χ0) is 21.1. The Hall–Kier alpha value is -2.61. The molecule has 0 spiro atoms. The summed E-state index contributed by atoms with van der Waals surface area (Å²) in [6, 6.07) is 1.78. The molecule has 1 aliphatic heterocycles. The van der Waals surface area contributed by atoms with Gasteiger partial charge in [-0.2, -0.15) is 0 Å². The molecule has 1 saturated carbocycles. The van der Waals surface area contributed by atoms with E-state index in [1.165, 1.54) is 6.20 Å². The van der Waals surface area contributed by atoms with Gasteiger partial charge in [-0.05, 0) is 52.1 Å². The number of anilines is 2. The van der Waals surface area contributed by atoms with Gasteiger partial charge < -0.3 is 25.6 Å². The van der Waals surface area contributed by atoms with Crippen LogP contribution in [-0.4, -0.2) is 41.3 Å². The third kappa shape index (κ3) is 3.15.